The number of halogens is 4. The van der Waals surface area contributed by atoms with Crippen molar-refractivity contribution in [3.8, 4) is 5.75 Å². The summed E-state index contributed by atoms with van der Waals surface area (Å²) < 4.78 is 44.5. The summed E-state index contributed by atoms with van der Waals surface area (Å²) >= 11 is 1.14. The monoisotopic (exact) mass is 373 g/mol. The Morgan fingerprint density at radius 2 is 2.13 bits per heavy atom. The van der Waals surface area contributed by atoms with Crippen molar-refractivity contribution >= 4 is 29.7 Å². The number of piperazine rings is 1. The maximum atomic E-state index is 13.2. The molecule has 132 valence electrons. The Morgan fingerprint density at radius 1 is 1.48 bits per heavy atom. The van der Waals surface area contributed by atoms with E-state index < -0.39 is 24.7 Å². The quantitative estimate of drug-likeness (QED) is 0.825. The van der Waals surface area contributed by atoms with Crippen LogP contribution in [-0.2, 0) is 0 Å². The van der Waals surface area contributed by atoms with Gasteiger partial charge in [0.25, 0.3) is 5.91 Å². The zero-order valence-electron chi connectivity index (χ0n) is 12.5. The first-order chi connectivity index (χ1) is 10.4. The molecule has 0 aliphatic carbocycles. The van der Waals surface area contributed by atoms with Gasteiger partial charge in [-0.2, -0.15) is 13.2 Å². The third kappa shape index (κ3) is 5.52. The summed E-state index contributed by atoms with van der Waals surface area (Å²) in [6.07, 6.45) is -4.38. The molecule has 0 spiro atoms. The Bertz CT molecular complexity index is 507. The Morgan fingerprint density at radius 3 is 2.65 bits per heavy atom. The predicted octanol–water partition coefficient (Wildman–Crippen LogP) is 1.74. The molecule has 1 fully saturated rings. The molecule has 1 aliphatic rings. The molecule has 0 saturated carbocycles. The molecule has 2 rings (SSSR count). The number of alkyl halides is 3. The number of hydrogen-bond donors (Lipinski definition) is 2. The van der Waals surface area contributed by atoms with E-state index in [0.29, 0.717) is 36.8 Å². The fourth-order valence-electron chi connectivity index (χ4n) is 2.27. The number of carbonyl (C=O) groups excluding carboxylic acids is 1. The number of nitrogens with zero attached hydrogens (tertiary/aromatic N) is 1. The zero-order valence-corrected chi connectivity index (χ0v) is 14.1. The molecule has 1 amide bonds. The molecule has 1 aromatic heterocycles. The lowest BCUT2D eigenvalue weighted by atomic mass is 10.2. The maximum Gasteiger partial charge on any atom is 0.405 e. The smallest absolute Gasteiger partial charge is 0.405 e. The molecule has 10 heteroatoms. The van der Waals surface area contributed by atoms with Gasteiger partial charge in [0.2, 0.25) is 0 Å². The topological polar surface area (TPSA) is 53.6 Å². The first-order valence-corrected chi connectivity index (χ1v) is 7.72. The van der Waals surface area contributed by atoms with Gasteiger partial charge in [-0.05, 0) is 0 Å². The maximum absolute atomic E-state index is 13.2. The van der Waals surface area contributed by atoms with Gasteiger partial charge in [0.15, 0.2) is 0 Å². The summed E-state index contributed by atoms with van der Waals surface area (Å²) in [4.78, 5) is 13.6. The lowest BCUT2D eigenvalue weighted by molar-refractivity contribution is -0.183. The molecule has 1 atom stereocenters. The third-order valence-corrected chi connectivity index (χ3v) is 4.37. The number of carbonyl (C=O) groups is 1. The van der Waals surface area contributed by atoms with Gasteiger partial charge >= 0.3 is 6.18 Å². The lowest BCUT2D eigenvalue weighted by Gasteiger charge is -2.35. The molecule has 1 aromatic rings. The van der Waals surface area contributed by atoms with Gasteiger partial charge in [0.05, 0.1) is 12.0 Å². The second-order valence-corrected chi connectivity index (χ2v) is 5.82. The highest BCUT2D eigenvalue weighted by atomic mass is 35.5. The van der Waals surface area contributed by atoms with Crippen LogP contribution in [0.3, 0.4) is 0 Å². The second kappa shape index (κ2) is 8.72. The number of hydrogen-bond acceptors (Lipinski definition) is 5. The Balaban J connectivity index is 0.00000264. The van der Waals surface area contributed by atoms with Gasteiger partial charge < -0.3 is 15.4 Å². The van der Waals surface area contributed by atoms with Crippen LogP contribution in [0.5, 0.6) is 5.75 Å². The van der Waals surface area contributed by atoms with Crippen LogP contribution >= 0.6 is 23.7 Å². The molecule has 23 heavy (non-hydrogen) atoms. The number of thiophene rings is 1. The van der Waals surface area contributed by atoms with Crippen LogP contribution in [-0.4, -0.2) is 62.9 Å². The van der Waals surface area contributed by atoms with Gasteiger partial charge in [-0.25, -0.2) is 0 Å². The minimum Gasteiger partial charge on any atom is -0.496 e. The highest BCUT2D eigenvalue weighted by molar-refractivity contribution is 7.12. The van der Waals surface area contributed by atoms with E-state index in [1.165, 1.54) is 18.1 Å². The average molecular weight is 374 g/mol. The highest BCUT2D eigenvalue weighted by Gasteiger charge is 2.43. The Hall–Kier alpha value is -1.03. The van der Waals surface area contributed by atoms with Crippen LogP contribution in [0.4, 0.5) is 13.2 Å². The molecule has 0 radical (unpaired) electrons. The second-order valence-electron chi connectivity index (χ2n) is 4.90. The van der Waals surface area contributed by atoms with Crippen LogP contribution in [0, 0.1) is 0 Å². The summed E-state index contributed by atoms with van der Waals surface area (Å²) in [5.74, 6) is 0.00214. The fraction of sp³-hybridized carbons (Fsp3) is 0.615. The summed E-state index contributed by atoms with van der Waals surface area (Å²) in [5.41, 5.74) is 0. The van der Waals surface area contributed by atoms with Crippen molar-refractivity contribution in [2.24, 2.45) is 0 Å². The van der Waals surface area contributed by atoms with Gasteiger partial charge in [0.1, 0.15) is 11.8 Å². The highest BCUT2D eigenvalue weighted by Crippen LogP contribution is 2.25. The van der Waals surface area contributed by atoms with E-state index in [1.807, 2.05) is 0 Å². The van der Waals surface area contributed by atoms with Crippen LogP contribution in [0.1, 0.15) is 9.67 Å². The van der Waals surface area contributed by atoms with Crippen molar-refractivity contribution < 1.29 is 22.7 Å². The summed E-state index contributed by atoms with van der Waals surface area (Å²) in [5, 5.41) is 7.02. The fourth-order valence-corrected chi connectivity index (χ4v) is 3.04. The normalized spacial score (nSPS) is 17.2. The van der Waals surface area contributed by atoms with Crippen molar-refractivity contribution in [2.45, 2.75) is 12.2 Å². The van der Waals surface area contributed by atoms with E-state index in [-0.39, 0.29) is 12.4 Å². The van der Waals surface area contributed by atoms with Crippen LogP contribution < -0.4 is 15.4 Å². The lowest BCUT2D eigenvalue weighted by Crippen LogP contribution is -2.57. The van der Waals surface area contributed by atoms with Crippen LogP contribution in [0.2, 0.25) is 0 Å². The zero-order chi connectivity index (χ0) is 16.2. The number of ether oxygens (including phenoxy) is 1. The van der Waals surface area contributed by atoms with Crippen molar-refractivity contribution in [3.05, 3.63) is 16.3 Å². The van der Waals surface area contributed by atoms with E-state index in [4.69, 9.17) is 4.74 Å². The van der Waals surface area contributed by atoms with Crippen molar-refractivity contribution in [3.63, 3.8) is 0 Å². The van der Waals surface area contributed by atoms with E-state index in [9.17, 15) is 18.0 Å². The van der Waals surface area contributed by atoms with E-state index in [1.54, 1.807) is 5.38 Å². The number of amides is 1. The number of rotatable bonds is 5. The molecule has 2 heterocycles. The third-order valence-electron chi connectivity index (χ3n) is 3.46. The van der Waals surface area contributed by atoms with E-state index in [0.717, 1.165) is 11.3 Å². The Labute approximate surface area is 142 Å². The number of nitrogens with one attached hydrogen (secondary N) is 2. The van der Waals surface area contributed by atoms with Gasteiger partial charge in [-0.1, -0.05) is 0 Å². The van der Waals surface area contributed by atoms with Gasteiger partial charge in [-0.15, -0.1) is 23.7 Å². The van der Waals surface area contributed by atoms with E-state index in [2.05, 4.69) is 10.6 Å². The summed E-state index contributed by atoms with van der Waals surface area (Å²) in [7, 11) is 1.47. The standard InChI is InChI=1S/C13H18F3N3O2S.ClH/c1-21-9-6-10(22-8-9)12(20)18-7-11(13(14,15)16)19-4-2-17-3-5-19;/h6,8,11,17H,2-5,7H2,1H3,(H,18,20);1H. The van der Waals surface area contributed by atoms with E-state index >= 15 is 0 Å². The molecule has 0 aromatic carbocycles. The molecule has 1 aliphatic heterocycles. The minimum atomic E-state index is -4.38. The first kappa shape index (κ1) is 20.0. The predicted molar refractivity (Wildman–Crippen MR) is 84.7 cm³/mol. The molecule has 5 nitrogen and oxygen atoms in total. The molecular formula is C13H19ClF3N3O2S. The molecule has 1 unspecified atom stereocenters. The SMILES string of the molecule is COc1csc(C(=O)NCC(N2CCNCC2)C(F)(F)F)c1.Cl. The molecule has 1 saturated heterocycles. The van der Waals surface area contributed by atoms with Crippen molar-refractivity contribution in [1.29, 1.82) is 0 Å². The Kier molecular flexibility index (Phi) is 7.59. The van der Waals surface area contributed by atoms with Crippen LogP contribution in [0.15, 0.2) is 11.4 Å². The largest absolute Gasteiger partial charge is 0.496 e. The van der Waals surface area contributed by atoms with Gasteiger partial charge in [-0.3, -0.25) is 9.69 Å². The van der Waals surface area contributed by atoms with Crippen molar-refractivity contribution in [1.82, 2.24) is 15.5 Å². The number of methoxy groups -OCH3 is 1. The van der Waals surface area contributed by atoms with Crippen LogP contribution in [0.25, 0.3) is 0 Å². The molecule has 0 bridgehead atoms. The first-order valence-electron chi connectivity index (χ1n) is 6.84. The van der Waals surface area contributed by atoms with Gasteiger partial charge in [0, 0.05) is 44.2 Å². The summed E-state index contributed by atoms with van der Waals surface area (Å²) in [6.45, 7) is 1.20. The minimum absolute atomic E-state index is 0. The molecule has 2 N–H and O–H groups in total. The molecular weight excluding hydrogens is 355 g/mol. The summed E-state index contributed by atoms with van der Waals surface area (Å²) in [6, 6.07) is -0.159. The van der Waals surface area contributed by atoms with Crippen molar-refractivity contribution in [2.75, 3.05) is 39.8 Å². The average Bonchev–Trinajstić information content (AvgIpc) is 2.96.